The van der Waals surface area contributed by atoms with Gasteiger partial charge in [0.05, 0.1) is 22.4 Å². The van der Waals surface area contributed by atoms with E-state index in [4.69, 9.17) is 0 Å². The predicted molar refractivity (Wildman–Crippen MR) is 267 cm³/mol. The molecule has 0 atom stereocenters. The van der Waals surface area contributed by atoms with Gasteiger partial charge in [0.2, 0.25) is 0 Å². The van der Waals surface area contributed by atoms with Crippen molar-refractivity contribution in [1.29, 1.82) is 0 Å². The number of rotatable bonds is 7. The maximum absolute atomic E-state index is 2.47. The fourth-order valence-electron chi connectivity index (χ4n) is 9.31. The lowest BCUT2D eigenvalue weighted by molar-refractivity contribution is 0.569. The second-order valence-electron chi connectivity index (χ2n) is 18.6. The predicted octanol–water partition coefficient (Wildman–Crippen LogP) is 17.0. The van der Waals surface area contributed by atoms with Gasteiger partial charge in [0.25, 0.3) is 0 Å². The first kappa shape index (κ1) is 39.0. The van der Waals surface area contributed by atoms with E-state index < -0.39 is 0 Å². The lowest BCUT2D eigenvalue weighted by Crippen LogP contribution is -2.16. The van der Waals surface area contributed by atoms with Crippen LogP contribution in [0, 0.1) is 0 Å². The minimum Gasteiger partial charge on any atom is -0.309 e. The van der Waals surface area contributed by atoms with Gasteiger partial charge in [-0.05, 0) is 91.9 Å². The van der Waals surface area contributed by atoms with E-state index in [0.717, 1.165) is 28.3 Å². The fraction of sp³-hybridized carbons (Fsp3) is 0.133. The second-order valence-corrected chi connectivity index (χ2v) is 18.6. The summed E-state index contributed by atoms with van der Waals surface area (Å²) in [4.78, 5) is 2.47. The summed E-state index contributed by atoms with van der Waals surface area (Å²) in [6.45, 7) is 13.9. The quantitative estimate of drug-likeness (QED) is 0.156. The van der Waals surface area contributed by atoms with E-state index in [1.54, 1.807) is 0 Å². The highest BCUT2D eigenvalue weighted by Crippen LogP contribution is 2.49. The van der Waals surface area contributed by atoms with Crippen LogP contribution < -0.4 is 4.90 Å². The van der Waals surface area contributed by atoms with Crippen molar-refractivity contribution >= 4 is 49.6 Å². The van der Waals surface area contributed by atoms with Crippen LogP contribution in [-0.4, -0.2) is 4.57 Å². The fourth-order valence-corrected chi connectivity index (χ4v) is 9.31. The van der Waals surface area contributed by atoms with E-state index in [9.17, 15) is 0 Å². The highest BCUT2D eigenvalue weighted by molar-refractivity contribution is 6.15. The molecule has 10 aromatic rings. The summed E-state index contributed by atoms with van der Waals surface area (Å²) in [5.41, 5.74) is 16.8. The summed E-state index contributed by atoms with van der Waals surface area (Å²) in [6, 6.07) is 76.0. The Balaban J connectivity index is 1.24. The van der Waals surface area contributed by atoms with Gasteiger partial charge < -0.3 is 9.47 Å². The first-order valence-corrected chi connectivity index (χ1v) is 21.9. The lowest BCUT2D eigenvalue weighted by Gasteiger charge is -2.30. The number of para-hydroxylation sites is 6. The Morgan fingerprint density at radius 2 is 0.871 bits per heavy atom. The second kappa shape index (κ2) is 15.4. The third-order valence-electron chi connectivity index (χ3n) is 12.5. The topological polar surface area (TPSA) is 8.17 Å². The normalized spacial score (nSPS) is 12.0. The minimum atomic E-state index is -0.000608. The Morgan fingerprint density at radius 1 is 0.387 bits per heavy atom. The molecule has 62 heavy (non-hydrogen) atoms. The van der Waals surface area contributed by atoms with E-state index >= 15 is 0 Å². The molecule has 2 nitrogen and oxygen atoms in total. The zero-order chi connectivity index (χ0) is 42.6. The van der Waals surface area contributed by atoms with Gasteiger partial charge >= 0.3 is 0 Å². The van der Waals surface area contributed by atoms with Gasteiger partial charge in [-0.15, -0.1) is 0 Å². The van der Waals surface area contributed by atoms with Crippen molar-refractivity contribution in [2.24, 2.45) is 0 Å². The molecule has 1 heterocycles. The highest BCUT2D eigenvalue weighted by atomic mass is 15.1. The molecule has 302 valence electrons. The van der Waals surface area contributed by atoms with E-state index in [1.165, 1.54) is 71.5 Å². The van der Waals surface area contributed by atoms with Crippen LogP contribution in [0.1, 0.15) is 52.7 Å². The van der Waals surface area contributed by atoms with Crippen molar-refractivity contribution in [3.8, 4) is 39.1 Å². The molecule has 0 bridgehead atoms. The SMILES string of the molecule is CC(C)(C)c1cc(-c2cccc3cccc(-c4ccccc4N(c4ccccc4)c4ccccc4-c4cccc5c6ccccc6n(-c6ccccc6)c45)c23)cc(C(C)(C)C)c1. The molecule has 0 aliphatic heterocycles. The molecule has 10 rings (SSSR count). The summed E-state index contributed by atoms with van der Waals surface area (Å²) in [5, 5.41) is 4.95. The standard InChI is InChI=1S/C60H52N2/c1-59(2,3)43-38-42(39-44(40-43)60(4,5)6)47-31-19-22-41-23-20-32-51(57(41)47)48-28-13-16-35-54(48)61(45-24-9-7-10-25-45)55-36-17-14-29-49(55)52-33-21-34-53-50-30-15-18-37-56(50)62(58(52)53)46-26-11-8-12-27-46/h7-40H,1-6H3. The van der Waals surface area contributed by atoms with Crippen molar-refractivity contribution < 1.29 is 0 Å². The molecule has 0 N–H and O–H groups in total. The van der Waals surface area contributed by atoms with Crippen molar-refractivity contribution in [3.05, 3.63) is 217 Å². The summed E-state index contributed by atoms with van der Waals surface area (Å²) in [7, 11) is 0. The number of hydrogen-bond acceptors (Lipinski definition) is 1. The average Bonchev–Trinajstić information content (AvgIpc) is 3.64. The van der Waals surface area contributed by atoms with E-state index in [1.807, 2.05) is 0 Å². The maximum Gasteiger partial charge on any atom is 0.0620 e. The number of anilines is 3. The van der Waals surface area contributed by atoms with Gasteiger partial charge in [0, 0.05) is 38.8 Å². The van der Waals surface area contributed by atoms with E-state index in [-0.39, 0.29) is 10.8 Å². The van der Waals surface area contributed by atoms with Gasteiger partial charge in [0.1, 0.15) is 0 Å². The smallest absolute Gasteiger partial charge is 0.0620 e. The van der Waals surface area contributed by atoms with Crippen LogP contribution in [0.4, 0.5) is 17.1 Å². The lowest BCUT2D eigenvalue weighted by atomic mass is 9.78. The van der Waals surface area contributed by atoms with Crippen LogP contribution in [0.5, 0.6) is 0 Å². The molecule has 0 saturated heterocycles. The zero-order valence-electron chi connectivity index (χ0n) is 36.5. The largest absolute Gasteiger partial charge is 0.309 e. The molecular formula is C60H52N2. The Bertz CT molecular complexity index is 3210. The van der Waals surface area contributed by atoms with Gasteiger partial charge in [-0.25, -0.2) is 0 Å². The molecule has 0 aliphatic rings. The van der Waals surface area contributed by atoms with Gasteiger partial charge in [-0.2, -0.15) is 0 Å². The van der Waals surface area contributed by atoms with Crippen molar-refractivity contribution in [1.82, 2.24) is 4.57 Å². The van der Waals surface area contributed by atoms with Crippen LogP contribution in [0.15, 0.2) is 206 Å². The summed E-state index contributed by atoms with van der Waals surface area (Å²) in [6.07, 6.45) is 0. The van der Waals surface area contributed by atoms with E-state index in [2.05, 4.69) is 257 Å². The monoisotopic (exact) mass is 800 g/mol. The maximum atomic E-state index is 2.47. The highest BCUT2D eigenvalue weighted by Gasteiger charge is 2.26. The molecule has 0 unspecified atom stereocenters. The van der Waals surface area contributed by atoms with Crippen molar-refractivity contribution in [2.45, 2.75) is 52.4 Å². The third-order valence-corrected chi connectivity index (χ3v) is 12.5. The van der Waals surface area contributed by atoms with Gasteiger partial charge in [-0.3, -0.25) is 0 Å². The zero-order valence-corrected chi connectivity index (χ0v) is 36.5. The molecular weight excluding hydrogens is 749 g/mol. The molecule has 0 radical (unpaired) electrons. The summed E-state index contributed by atoms with van der Waals surface area (Å²) in [5.74, 6) is 0. The van der Waals surface area contributed by atoms with E-state index in [0.29, 0.717) is 0 Å². The number of benzene rings is 9. The molecule has 2 heteroatoms. The van der Waals surface area contributed by atoms with Gasteiger partial charge in [-0.1, -0.05) is 205 Å². The Hall–Kier alpha value is -7.16. The van der Waals surface area contributed by atoms with Crippen LogP contribution in [0.2, 0.25) is 0 Å². The average molecular weight is 801 g/mol. The number of fused-ring (bicyclic) bond motifs is 4. The molecule has 9 aromatic carbocycles. The molecule has 1 aromatic heterocycles. The van der Waals surface area contributed by atoms with Crippen molar-refractivity contribution in [2.75, 3.05) is 4.90 Å². The van der Waals surface area contributed by atoms with Gasteiger partial charge in [0.15, 0.2) is 0 Å². The van der Waals surface area contributed by atoms with Crippen molar-refractivity contribution in [3.63, 3.8) is 0 Å². The van der Waals surface area contributed by atoms with Crippen LogP contribution in [0.3, 0.4) is 0 Å². The Kier molecular flexibility index (Phi) is 9.68. The summed E-state index contributed by atoms with van der Waals surface area (Å²) >= 11 is 0. The first-order valence-electron chi connectivity index (χ1n) is 21.9. The molecule has 0 saturated carbocycles. The number of nitrogens with zero attached hydrogens (tertiary/aromatic N) is 2. The molecule has 0 fully saturated rings. The molecule has 0 amide bonds. The first-order chi connectivity index (χ1) is 30.1. The Labute approximate surface area is 366 Å². The van der Waals surface area contributed by atoms with Crippen LogP contribution >= 0.6 is 0 Å². The number of hydrogen-bond donors (Lipinski definition) is 0. The summed E-state index contributed by atoms with van der Waals surface area (Å²) < 4.78 is 2.44. The Morgan fingerprint density at radius 3 is 1.52 bits per heavy atom. The minimum absolute atomic E-state index is 0.000608. The number of aromatic nitrogens is 1. The molecule has 0 spiro atoms. The van der Waals surface area contributed by atoms with Crippen LogP contribution in [0.25, 0.3) is 71.6 Å². The van der Waals surface area contributed by atoms with Crippen LogP contribution in [-0.2, 0) is 10.8 Å². The molecule has 0 aliphatic carbocycles. The third kappa shape index (κ3) is 6.86.